The fraction of sp³-hybridized carbons (Fsp3) is 0.409. The van der Waals surface area contributed by atoms with Gasteiger partial charge in [-0.15, -0.1) is 24.0 Å². The largest absolute Gasteiger partial charge is 0.494 e. The molecule has 1 heterocycles. The average molecular weight is 495 g/mol. The number of hydrogen-bond donors (Lipinski definition) is 2. The van der Waals surface area contributed by atoms with Crippen LogP contribution in [0.3, 0.4) is 0 Å². The molecule has 0 atom stereocenters. The molecule has 0 unspecified atom stereocenters. The van der Waals surface area contributed by atoms with Crippen LogP contribution in [0, 0.1) is 0 Å². The molecule has 0 amide bonds. The molecule has 1 aliphatic rings. The van der Waals surface area contributed by atoms with Crippen molar-refractivity contribution < 1.29 is 9.47 Å². The Labute approximate surface area is 184 Å². The third-order valence-corrected chi connectivity index (χ3v) is 4.48. The van der Waals surface area contributed by atoms with Crippen LogP contribution in [0.1, 0.15) is 30.5 Å². The number of ether oxygens (including phenoxy) is 2. The van der Waals surface area contributed by atoms with E-state index in [4.69, 9.17) is 14.5 Å². The van der Waals surface area contributed by atoms with Gasteiger partial charge in [0.25, 0.3) is 0 Å². The Morgan fingerprint density at radius 2 is 2.00 bits per heavy atom. The quantitative estimate of drug-likeness (QED) is 0.331. The van der Waals surface area contributed by atoms with Gasteiger partial charge >= 0.3 is 0 Å². The topological polar surface area (TPSA) is 54.9 Å². The summed E-state index contributed by atoms with van der Waals surface area (Å²) in [5.41, 5.74) is 3.74. The Morgan fingerprint density at radius 1 is 1.14 bits per heavy atom. The molecule has 0 aromatic heterocycles. The third-order valence-electron chi connectivity index (χ3n) is 4.48. The van der Waals surface area contributed by atoms with Crippen molar-refractivity contribution in [2.24, 2.45) is 4.99 Å². The van der Waals surface area contributed by atoms with Crippen LogP contribution in [-0.4, -0.2) is 32.3 Å². The van der Waals surface area contributed by atoms with Gasteiger partial charge in [0.05, 0.1) is 19.8 Å². The normalized spacial score (nSPS) is 12.6. The summed E-state index contributed by atoms with van der Waals surface area (Å²) in [7, 11) is 0. The molecular weight excluding hydrogens is 465 g/mol. The average Bonchev–Trinajstić information content (AvgIpc) is 3.15. The molecule has 1 aliphatic heterocycles. The monoisotopic (exact) mass is 495 g/mol. The molecule has 0 saturated heterocycles. The molecule has 0 saturated carbocycles. The van der Waals surface area contributed by atoms with Crippen molar-refractivity contribution >= 4 is 29.9 Å². The van der Waals surface area contributed by atoms with E-state index in [-0.39, 0.29) is 24.0 Å². The van der Waals surface area contributed by atoms with Crippen LogP contribution in [-0.2, 0) is 19.4 Å². The summed E-state index contributed by atoms with van der Waals surface area (Å²) in [6.07, 6.45) is 1.97. The Morgan fingerprint density at radius 3 is 2.82 bits per heavy atom. The summed E-state index contributed by atoms with van der Waals surface area (Å²) in [6, 6.07) is 14.5. The second-order valence-electron chi connectivity index (χ2n) is 6.45. The minimum absolute atomic E-state index is 0. The van der Waals surface area contributed by atoms with Gasteiger partial charge in [-0.25, -0.2) is 4.99 Å². The van der Waals surface area contributed by atoms with E-state index in [0.717, 1.165) is 55.6 Å². The first kappa shape index (κ1) is 22.3. The Bertz CT molecular complexity index is 780. The fourth-order valence-corrected chi connectivity index (χ4v) is 3.16. The summed E-state index contributed by atoms with van der Waals surface area (Å²) < 4.78 is 11.3. The molecule has 0 fully saturated rings. The van der Waals surface area contributed by atoms with Gasteiger partial charge in [-0.2, -0.15) is 0 Å². The predicted molar refractivity (Wildman–Crippen MR) is 125 cm³/mol. The van der Waals surface area contributed by atoms with Crippen LogP contribution in [0.4, 0.5) is 0 Å². The van der Waals surface area contributed by atoms with Gasteiger partial charge < -0.3 is 20.1 Å². The van der Waals surface area contributed by atoms with E-state index in [1.54, 1.807) is 0 Å². The molecule has 5 nitrogen and oxygen atoms in total. The van der Waals surface area contributed by atoms with Gasteiger partial charge in [0, 0.05) is 25.1 Å². The molecule has 2 aromatic rings. The zero-order valence-electron chi connectivity index (χ0n) is 16.7. The highest BCUT2D eigenvalue weighted by atomic mass is 127. The van der Waals surface area contributed by atoms with E-state index in [1.165, 1.54) is 11.1 Å². The standard InChI is InChI=1S/C22H29N3O2.HI/c1-3-23-22(25-16-19-7-5-6-8-20(19)26-4-2)24-13-11-17-9-10-21-18(15-17)12-14-27-21;/h5-10,15H,3-4,11-14,16H2,1-2H3,(H2,23,24,25);1H. The number of rotatable bonds is 8. The van der Waals surface area contributed by atoms with Crippen LogP contribution in [0.5, 0.6) is 11.5 Å². The number of aliphatic imine (C=N–C) groups is 1. The highest BCUT2D eigenvalue weighted by Crippen LogP contribution is 2.25. The maximum absolute atomic E-state index is 5.68. The molecule has 152 valence electrons. The maximum atomic E-state index is 5.68. The molecule has 0 bridgehead atoms. The lowest BCUT2D eigenvalue weighted by atomic mass is 10.1. The first-order valence-electron chi connectivity index (χ1n) is 9.77. The van der Waals surface area contributed by atoms with E-state index in [1.807, 2.05) is 25.1 Å². The van der Waals surface area contributed by atoms with Crippen molar-refractivity contribution in [3.05, 3.63) is 59.2 Å². The fourth-order valence-electron chi connectivity index (χ4n) is 3.16. The van der Waals surface area contributed by atoms with E-state index < -0.39 is 0 Å². The van der Waals surface area contributed by atoms with Gasteiger partial charge in [-0.3, -0.25) is 0 Å². The SMILES string of the molecule is CCNC(=NCc1ccccc1OCC)NCCc1ccc2c(c1)CCO2.I. The van der Waals surface area contributed by atoms with E-state index in [9.17, 15) is 0 Å². The lowest BCUT2D eigenvalue weighted by Gasteiger charge is -2.13. The summed E-state index contributed by atoms with van der Waals surface area (Å²) >= 11 is 0. The highest BCUT2D eigenvalue weighted by Gasteiger charge is 2.11. The van der Waals surface area contributed by atoms with Crippen LogP contribution in [0.2, 0.25) is 0 Å². The van der Waals surface area contributed by atoms with Gasteiger partial charge in [0.1, 0.15) is 11.5 Å². The summed E-state index contributed by atoms with van der Waals surface area (Å²) in [5, 5.41) is 6.74. The number of guanidine groups is 1. The number of benzene rings is 2. The van der Waals surface area contributed by atoms with Crippen molar-refractivity contribution in [1.29, 1.82) is 0 Å². The zero-order valence-corrected chi connectivity index (χ0v) is 19.0. The highest BCUT2D eigenvalue weighted by molar-refractivity contribution is 14.0. The maximum Gasteiger partial charge on any atom is 0.191 e. The van der Waals surface area contributed by atoms with E-state index in [2.05, 4.69) is 41.8 Å². The molecule has 2 aromatic carbocycles. The third kappa shape index (κ3) is 6.29. The second-order valence-corrected chi connectivity index (χ2v) is 6.45. The smallest absolute Gasteiger partial charge is 0.191 e. The van der Waals surface area contributed by atoms with Crippen LogP contribution in [0.15, 0.2) is 47.5 Å². The molecule has 6 heteroatoms. The Kier molecular flexibility index (Phi) is 9.40. The molecule has 0 aliphatic carbocycles. The number of para-hydroxylation sites is 1. The molecule has 3 rings (SSSR count). The Balaban J connectivity index is 0.00000280. The molecule has 0 spiro atoms. The van der Waals surface area contributed by atoms with E-state index in [0.29, 0.717) is 13.2 Å². The van der Waals surface area contributed by atoms with Gasteiger partial charge in [0.2, 0.25) is 0 Å². The van der Waals surface area contributed by atoms with Crippen LogP contribution >= 0.6 is 24.0 Å². The number of hydrogen-bond acceptors (Lipinski definition) is 3. The van der Waals surface area contributed by atoms with Crippen molar-refractivity contribution in [2.75, 3.05) is 26.3 Å². The molecule has 0 radical (unpaired) electrons. The van der Waals surface area contributed by atoms with Crippen molar-refractivity contribution in [1.82, 2.24) is 10.6 Å². The zero-order chi connectivity index (χ0) is 18.9. The van der Waals surface area contributed by atoms with Crippen LogP contribution < -0.4 is 20.1 Å². The first-order valence-corrected chi connectivity index (χ1v) is 9.77. The first-order chi connectivity index (χ1) is 13.3. The summed E-state index contributed by atoms with van der Waals surface area (Å²) in [6.45, 7) is 7.78. The van der Waals surface area contributed by atoms with E-state index >= 15 is 0 Å². The minimum atomic E-state index is 0. The number of nitrogens with one attached hydrogen (secondary N) is 2. The van der Waals surface area contributed by atoms with Gasteiger partial charge in [-0.05, 0) is 43.5 Å². The van der Waals surface area contributed by atoms with Gasteiger partial charge in [-0.1, -0.05) is 30.3 Å². The van der Waals surface area contributed by atoms with Crippen LogP contribution in [0.25, 0.3) is 0 Å². The summed E-state index contributed by atoms with van der Waals surface area (Å²) in [5.74, 6) is 2.77. The minimum Gasteiger partial charge on any atom is -0.494 e. The van der Waals surface area contributed by atoms with Crippen molar-refractivity contribution in [3.63, 3.8) is 0 Å². The molecule has 28 heavy (non-hydrogen) atoms. The summed E-state index contributed by atoms with van der Waals surface area (Å²) in [4.78, 5) is 4.71. The van der Waals surface area contributed by atoms with Crippen molar-refractivity contribution in [2.45, 2.75) is 33.2 Å². The number of nitrogens with zero attached hydrogens (tertiary/aromatic N) is 1. The molecule has 2 N–H and O–H groups in total. The lowest BCUT2D eigenvalue weighted by molar-refractivity contribution is 0.336. The van der Waals surface area contributed by atoms with Crippen molar-refractivity contribution in [3.8, 4) is 11.5 Å². The second kappa shape index (κ2) is 11.8. The Hall–Kier alpha value is -1.96. The van der Waals surface area contributed by atoms with Gasteiger partial charge in [0.15, 0.2) is 5.96 Å². The number of fused-ring (bicyclic) bond motifs is 1. The lowest BCUT2D eigenvalue weighted by Crippen LogP contribution is -2.38. The molecular formula is C22H30IN3O2. The predicted octanol–water partition coefficient (Wildman–Crippen LogP) is 3.94. The number of halogens is 1.